The van der Waals surface area contributed by atoms with E-state index in [9.17, 15) is 5.11 Å². The van der Waals surface area contributed by atoms with Crippen LogP contribution >= 0.6 is 11.6 Å². The number of aromatic nitrogens is 2. The molecule has 0 radical (unpaired) electrons. The van der Waals surface area contributed by atoms with Gasteiger partial charge in [-0.05, 0) is 19.1 Å². The molecule has 4 nitrogen and oxygen atoms in total. The lowest BCUT2D eigenvalue weighted by atomic mass is 10.0. The van der Waals surface area contributed by atoms with E-state index in [1.54, 1.807) is 18.7 Å². The molecule has 2 rings (SSSR count). The van der Waals surface area contributed by atoms with Gasteiger partial charge in [0.2, 0.25) is 0 Å². The van der Waals surface area contributed by atoms with Crippen LogP contribution in [0.4, 0.5) is 0 Å². The molecule has 0 aliphatic heterocycles. The third-order valence-electron chi connectivity index (χ3n) is 2.89. The molecule has 1 aromatic carbocycles. The van der Waals surface area contributed by atoms with Crippen LogP contribution in [0.5, 0.6) is 5.75 Å². The van der Waals surface area contributed by atoms with E-state index < -0.39 is 6.10 Å². The number of benzene rings is 1. The Balaban J connectivity index is 2.48. The topological polar surface area (TPSA) is 47.3 Å². The first-order valence-electron chi connectivity index (χ1n) is 5.54. The van der Waals surface area contributed by atoms with Crippen LogP contribution in [-0.4, -0.2) is 21.8 Å². The van der Waals surface area contributed by atoms with Crippen LogP contribution in [0.2, 0.25) is 5.15 Å². The van der Waals surface area contributed by atoms with Gasteiger partial charge in [-0.25, -0.2) is 4.98 Å². The second-order valence-corrected chi connectivity index (χ2v) is 4.53. The van der Waals surface area contributed by atoms with Crippen molar-refractivity contribution in [3.8, 4) is 5.75 Å². The molecular formula is C13H15ClN2O2. The van der Waals surface area contributed by atoms with Gasteiger partial charge in [0.15, 0.2) is 0 Å². The van der Waals surface area contributed by atoms with Crippen LogP contribution in [0.15, 0.2) is 24.4 Å². The van der Waals surface area contributed by atoms with Gasteiger partial charge in [0.05, 0.1) is 13.3 Å². The number of aliphatic hydroxyl groups excluding tert-OH is 1. The number of hydrogen-bond acceptors (Lipinski definition) is 3. The quantitative estimate of drug-likeness (QED) is 0.928. The minimum atomic E-state index is -0.864. The lowest BCUT2D eigenvalue weighted by molar-refractivity contribution is 0.201. The molecule has 96 valence electrons. The van der Waals surface area contributed by atoms with Crippen molar-refractivity contribution >= 4 is 11.6 Å². The van der Waals surface area contributed by atoms with Gasteiger partial charge < -0.3 is 14.4 Å². The lowest BCUT2D eigenvalue weighted by Crippen LogP contribution is -2.09. The summed E-state index contributed by atoms with van der Waals surface area (Å²) in [4.78, 5) is 4.12. The predicted octanol–water partition coefficient (Wildman–Crippen LogP) is 2.47. The van der Waals surface area contributed by atoms with Crippen molar-refractivity contribution in [2.24, 2.45) is 7.05 Å². The Morgan fingerprint density at radius 3 is 2.72 bits per heavy atom. The zero-order valence-corrected chi connectivity index (χ0v) is 11.3. The van der Waals surface area contributed by atoms with Crippen molar-refractivity contribution in [3.63, 3.8) is 0 Å². The first kappa shape index (κ1) is 12.9. The monoisotopic (exact) mass is 266 g/mol. The molecule has 0 bridgehead atoms. The smallest absolute Gasteiger partial charge is 0.143 e. The molecule has 18 heavy (non-hydrogen) atoms. The molecule has 1 atom stereocenters. The molecule has 2 aromatic rings. The van der Waals surface area contributed by atoms with Crippen molar-refractivity contribution in [2.45, 2.75) is 13.0 Å². The highest BCUT2D eigenvalue weighted by Gasteiger charge is 2.20. The standard InChI is InChI=1S/C13H15ClN2O2/c1-8-4-5-10(18-3)9(6-8)12(17)13-15-7-11(14)16(13)2/h4-7,12,17H,1-3H3. The number of aryl methyl sites for hydroxylation is 1. The highest BCUT2D eigenvalue weighted by molar-refractivity contribution is 6.29. The summed E-state index contributed by atoms with van der Waals surface area (Å²) in [7, 11) is 3.34. The Hall–Kier alpha value is -1.52. The highest BCUT2D eigenvalue weighted by Crippen LogP contribution is 2.30. The predicted molar refractivity (Wildman–Crippen MR) is 70.0 cm³/mol. The van der Waals surface area contributed by atoms with Crippen molar-refractivity contribution in [1.29, 1.82) is 0 Å². The van der Waals surface area contributed by atoms with E-state index in [0.717, 1.165) is 5.56 Å². The summed E-state index contributed by atoms with van der Waals surface area (Å²) >= 11 is 5.92. The number of halogens is 1. The maximum Gasteiger partial charge on any atom is 0.143 e. The average molecular weight is 267 g/mol. The molecule has 5 heteroatoms. The summed E-state index contributed by atoms with van der Waals surface area (Å²) < 4.78 is 6.91. The average Bonchev–Trinajstić information content (AvgIpc) is 2.69. The van der Waals surface area contributed by atoms with E-state index in [1.807, 2.05) is 25.1 Å². The molecule has 1 unspecified atom stereocenters. The first-order chi connectivity index (χ1) is 8.54. The maximum atomic E-state index is 10.4. The summed E-state index contributed by atoms with van der Waals surface area (Å²) in [5, 5.41) is 10.9. The molecular weight excluding hydrogens is 252 g/mol. The zero-order valence-electron chi connectivity index (χ0n) is 10.5. The number of aliphatic hydroxyl groups is 1. The molecule has 0 aliphatic rings. The SMILES string of the molecule is COc1ccc(C)cc1C(O)c1ncc(Cl)n1C. The third kappa shape index (κ3) is 2.21. The number of ether oxygens (including phenoxy) is 1. The Morgan fingerprint density at radius 2 is 2.17 bits per heavy atom. The Morgan fingerprint density at radius 1 is 1.44 bits per heavy atom. The van der Waals surface area contributed by atoms with Crippen LogP contribution < -0.4 is 4.74 Å². The molecule has 0 saturated heterocycles. The van der Waals surface area contributed by atoms with Gasteiger partial charge in [-0.3, -0.25) is 0 Å². The first-order valence-corrected chi connectivity index (χ1v) is 5.92. The number of rotatable bonds is 3. The van der Waals surface area contributed by atoms with Gasteiger partial charge in [-0.2, -0.15) is 0 Å². The zero-order chi connectivity index (χ0) is 13.3. The summed E-state index contributed by atoms with van der Waals surface area (Å²) in [6, 6.07) is 5.64. The van der Waals surface area contributed by atoms with Crippen molar-refractivity contribution in [1.82, 2.24) is 9.55 Å². The molecule has 0 saturated carbocycles. The minimum absolute atomic E-state index is 0.482. The van der Waals surface area contributed by atoms with E-state index in [-0.39, 0.29) is 0 Å². The highest BCUT2D eigenvalue weighted by atomic mass is 35.5. The normalized spacial score (nSPS) is 12.5. The Kier molecular flexibility index (Phi) is 3.59. The Labute approximate surface area is 111 Å². The Bertz CT molecular complexity index is 566. The largest absolute Gasteiger partial charge is 0.496 e. The number of methoxy groups -OCH3 is 1. The van der Waals surface area contributed by atoms with E-state index in [0.29, 0.717) is 22.3 Å². The van der Waals surface area contributed by atoms with Gasteiger partial charge in [0.25, 0.3) is 0 Å². The summed E-state index contributed by atoms with van der Waals surface area (Å²) in [6.07, 6.45) is 0.653. The van der Waals surface area contributed by atoms with Crippen molar-refractivity contribution in [2.75, 3.05) is 7.11 Å². The maximum absolute atomic E-state index is 10.4. The molecule has 1 heterocycles. The van der Waals surface area contributed by atoms with E-state index in [4.69, 9.17) is 16.3 Å². The molecule has 0 amide bonds. The van der Waals surface area contributed by atoms with Crippen LogP contribution in [0.3, 0.4) is 0 Å². The van der Waals surface area contributed by atoms with Gasteiger partial charge in [-0.15, -0.1) is 0 Å². The van der Waals surface area contributed by atoms with Gasteiger partial charge in [0.1, 0.15) is 22.8 Å². The summed E-state index contributed by atoms with van der Waals surface area (Å²) in [6.45, 7) is 1.96. The van der Waals surface area contributed by atoms with Crippen molar-refractivity contribution in [3.05, 3.63) is 46.5 Å². The summed E-state index contributed by atoms with van der Waals surface area (Å²) in [5.74, 6) is 1.12. The van der Waals surface area contributed by atoms with Crippen LogP contribution in [0.25, 0.3) is 0 Å². The van der Waals surface area contributed by atoms with Gasteiger partial charge in [-0.1, -0.05) is 23.2 Å². The molecule has 1 aromatic heterocycles. The fraction of sp³-hybridized carbons (Fsp3) is 0.308. The van der Waals surface area contributed by atoms with E-state index in [2.05, 4.69) is 4.98 Å². The molecule has 0 fully saturated rings. The number of imidazole rings is 1. The lowest BCUT2D eigenvalue weighted by Gasteiger charge is -2.15. The number of nitrogens with zero attached hydrogens (tertiary/aromatic N) is 2. The number of hydrogen-bond donors (Lipinski definition) is 1. The summed E-state index contributed by atoms with van der Waals surface area (Å²) in [5.41, 5.74) is 1.73. The second kappa shape index (κ2) is 5.00. The van der Waals surface area contributed by atoms with E-state index >= 15 is 0 Å². The van der Waals surface area contributed by atoms with Crippen LogP contribution in [0, 0.1) is 6.92 Å². The molecule has 0 spiro atoms. The van der Waals surface area contributed by atoms with Gasteiger partial charge >= 0.3 is 0 Å². The third-order valence-corrected chi connectivity index (χ3v) is 3.24. The molecule has 0 aliphatic carbocycles. The van der Waals surface area contributed by atoms with Crippen molar-refractivity contribution < 1.29 is 9.84 Å². The van der Waals surface area contributed by atoms with Gasteiger partial charge in [0, 0.05) is 12.6 Å². The minimum Gasteiger partial charge on any atom is -0.496 e. The fourth-order valence-corrected chi connectivity index (χ4v) is 2.00. The van der Waals surface area contributed by atoms with E-state index in [1.165, 1.54) is 6.20 Å². The van der Waals surface area contributed by atoms with Crippen LogP contribution in [0.1, 0.15) is 23.1 Å². The second-order valence-electron chi connectivity index (χ2n) is 4.15. The van der Waals surface area contributed by atoms with Crippen LogP contribution in [-0.2, 0) is 7.05 Å². The fourth-order valence-electron chi connectivity index (χ4n) is 1.86. The molecule has 1 N–H and O–H groups in total.